The molecule has 1 fully saturated rings. The molecule has 1 aromatic rings. The highest BCUT2D eigenvalue weighted by atomic mass is 16.5. The fourth-order valence-corrected chi connectivity index (χ4v) is 3.49. The smallest absolute Gasteiger partial charge is 0.341 e. The molecule has 1 amide bonds. The molecule has 6 nitrogen and oxygen atoms in total. The molecule has 1 aromatic carbocycles. The highest BCUT2D eigenvalue weighted by Crippen LogP contribution is 2.36. The average molecular weight is 363 g/mol. The highest BCUT2D eigenvalue weighted by Gasteiger charge is 2.42. The van der Waals surface area contributed by atoms with Crippen LogP contribution in [-0.2, 0) is 14.3 Å². The van der Waals surface area contributed by atoms with Crippen LogP contribution in [0.25, 0.3) is 0 Å². The molecular weight excluding hydrogens is 334 g/mol. The van der Waals surface area contributed by atoms with Crippen LogP contribution in [-0.4, -0.2) is 37.8 Å². The molecule has 1 aliphatic carbocycles. The molecule has 1 aliphatic rings. The van der Waals surface area contributed by atoms with E-state index in [9.17, 15) is 9.59 Å². The molecule has 0 bridgehead atoms. The standard InChI is InChI=1S/C20H29NO5/c1-5-25-17-10-9-15(12-16(17)18(22)26-6-2)21-19(23)20(24-4)11-7-8-14(3)13-20/h9-10,12,14H,5-8,11,13H2,1-4H3,(H,21,23)/t14-,20-/m1/s1. The third-order valence-electron chi connectivity index (χ3n) is 4.79. The number of carbonyl (C=O) groups excluding carboxylic acids is 2. The van der Waals surface area contributed by atoms with Gasteiger partial charge >= 0.3 is 5.97 Å². The number of carbonyl (C=O) groups is 2. The first-order chi connectivity index (χ1) is 12.5. The van der Waals surface area contributed by atoms with Crippen molar-refractivity contribution >= 4 is 17.6 Å². The van der Waals surface area contributed by atoms with E-state index >= 15 is 0 Å². The summed E-state index contributed by atoms with van der Waals surface area (Å²) in [6.45, 7) is 6.43. The van der Waals surface area contributed by atoms with Crippen LogP contribution in [0.15, 0.2) is 18.2 Å². The summed E-state index contributed by atoms with van der Waals surface area (Å²) in [7, 11) is 1.58. The summed E-state index contributed by atoms with van der Waals surface area (Å²) in [5, 5.41) is 2.90. The lowest BCUT2D eigenvalue weighted by atomic mass is 9.78. The number of esters is 1. The Morgan fingerprint density at radius 2 is 2.04 bits per heavy atom. The zero-order chi connectivity index (χ0) is 19.2. The molecule has 0 radical (unpaired) electrons. The molecule has 1 N–H and O–H groups in total. The predicted octanol–water partition coefficient (Wildman–Crippen LogP) is 3.80. The molecule has 26 heavy (non-hydrogen) atoms. The monoisotopic (exact) mass is 363 g/mol. The topological polar surface area (TPSA) is 73.9 Å². The second-order valence-electron chi connectivity index (χ2n) is 6.72. The summed E-state index contributed by atoms with van der Waals surface area (Å²) in [6, 6.07) is 4.99. The van der Waals surface area contributed by atoms with Crippen LogP contribution < -0.4 is 10.1 Å². The van der Waals surface area contributed by atoms with E-state index in [1.165, 1.54) is 0 Å². The van der Waals surface area contributed by atoms with Crippen LogP contribution in [0.4, 0.5) is 5.69 Å². The lowest BCUT2D eigenvalue weighted by molar-refractivity contribution is -0.143. The van der Waals surface area contributed by atoms with Crippen LogP contribution in [0.3, 0.4) is 0 Å². The van der Waals surface area contributed by atoms with Crippen molar-refractivity contribution in [2.45, 2.75) is 52.1 Å². The molecule has 144 valence electrons. The van der Waals surface area contributed by atoms with E-state index in [-0.39, 0.29) is 12.5 Å². The minimum Gasteiger partial charge on any atom is -0.493 e. The second kappa shape index (κ2) is 9.03. The minimum atomic E-state index is -0.819. The molecule has 0 heterocycles. The molecule has 1 saturated carbocycles. The maximum atomic E-state index is 12.9. The van der Waals surface area contributed by atoms with Crippen molar-refractivity contribution in [2.24, 2.45) is 5.92 Å². The van der Waals surface area contributed by atoms with Crippen molar-refractivity contribution in [1.29, 1.82) is 0 Å². The Kier molecular flexibility index (Phi) is 7.03. The van der Waals surface area contributed by atoms with Crippen molar-refractivity contribution in [1.82, 2.24) is 0 Å². The Labute approximate surface area is 155 Å². The lowest BCUT2D eigenvalue weighted by Crippen LogP contribution is -2.47. The van der Waals surface area contributed by atoms with Crippen molar-refractivity contribution in [3.8, 4) is 5.75 Å². The maximum Gasteiger partial charge on any atom is 0.341 e. The van der Waals surface area contributed by atoms with Gasteiger partial charge in [0.25, 0.3) is 5.91 Å². The molecular formula is C20H29NO5. The van der Waals surface area contributed by atoms with Crippen LogP contribution in [0, 0.1) is 5.92 Å². The fourth-order valence-electron chi connectivity index (χ4n) is 3.49. The first kappa shape index (κ1) is 20.2. The van der Waals surface area contributed by atoms with E-state index in [4.69, 9.17) is 14.2 Å². The Morgan fingerprint density at radius 1 is 1.27 bits per heavy atom. The van der Waals surface area contributed by atoms with Crippen molar-refractivity contribution in [2.75, 3.05) is 25.6 Å². The first-order valence-corrected chi connectivity index (χ1v) is 9.26. The number of nitrogens with one attached hydrogen (secondary N) is 1. The van der Waals surface area contributed by atoms with Crippen LogP contribution >= 0.6 is 0 Å². The Hall–Kier alpha value is -2.08. The van der Waals surface area contributed by atoms with E-state index in [1.807, 2.05) is 6.92 Å². The number of hydrogen-bond donors (Lipinski definition) is 1. The van der Waals surface area contributed by atoms with Gasteiger partial charge in [-0.15, -0.1) is 0 Å². The lowest BCUT2D eigenvalue weighted by Gasteiger charge is -2.37. The van der Waals surface area contributed by atoms with Gasteiger partial charge < -0.3 is 19.5 Å². The van der Waals surface area contributed by atoms with E-state index in [0.29, 0.717) is 42.4 Å². The van der Waals surface area contributed by atoms with E-state index in [1.54, 1.807) is 32.2 Å². The van der Waals surface area contributed by atoms with Crippen molar-refractivity contribution in [3.05, 3.63) is 23.8 Å². The van der Waals surface area contributed by atoms with Crippen LogP contribution in [0.2, 0.25) is 0 Å². The number of hydrogen-bond acceptors (Lipinski definition) is 5. The maximum absolute atomic E-state index is 12.9. The predicted molar refractivity (Wildman–Crippen MR) is 99.6 cm³/mol. The third-order valence-corrected chi connectivity index (χ3v) is 4.79. The second-order valence-corrected chi connectivity index (χ2v) is 6.72. The molecule has 2 rings (SSSR count). The quantitative estimate of drug-likeness (QED) is 0.746. The zero-order valence-corrected chi connectivity index (χ0v) is 16.1. The summed E-state index contributed by atoms with van der Waals surface area (Å²) in [5.74, 6) is 0.229. The van der Waals surface area contributed by atoms with Crippen LogP contribution in [0.5, 0.6) is 5.75 Å². The van der Waals surface area contributed by atoms with Gasteiger partial charge in [0.05, 0.1) is 13.2 Å². The van der Waals surface area contributed by atoms with Gasteiger partial charge in [0.1, 0.15) is 16.9 Å². The fraction of sp³-hybridized carbons (Fsp3) is 0.600. The molecule has 6 heteroatoms. The molecule has 0 spiro atoms. The van der Waals surface area contributed by atoms with E-state index in [0.717, 1.165) is 12.8 Å². The van der Waals surface area contributed by atoms with Crippen LogP contribution in [0.1, 0.15) is 56.8 Å². The molecule has 0 saturated heterocycles. The largest absolute Gasteiger partial charge is 0.493 e. The molecule has 0 unspecified atom stereocenters. The van der Waals surface area contributed by atoms with Gasteiger partial charge in [-0.05, 0) is 57.2 Å². The minimum absolute atomic E-state index is 0.175. The highest BCUT2D eigenvalue weighted by molar-refractivity contribution is 5.99. The first-order valence-electron chi connectivity index (χ1n) is 9.26. The number of ether oxygens (including phenoxy) is 3. The van der Waals surface area contributed by atoms with E-state index < -0.39 is 11.6 Å². The molecule has 0 aromatic heterocycles. The van der Waals surface area contributed by atoms with Gasteiger partial charge in [-0.3, -0.25) is 4.79 Å². The number of rotatable bonds is 7. The number of amides is 1. The third kappa shape index (κ3) is 4.55. The summed E-state index contributed by atoms with van der Waals surface area (Å²) in [5.41, 5.74) is 0.00603. The number of methoxy groups -OCH3 is 1. The van der Waals surface area contributed by atoms with E-state index in [2.05, 4.69) is 12.2 Å². The summed E-state index contributed by atoms with van der Waals surface area (Å²) < 4.78 is 16.2. The zero-order valence-electron chi connectivity index (χ0n) is 16.1. The van der Waals surface area contributed by atoms with Gasteiger partial charge in [-0.1, -0.05) is 13.3 Å². The summed E-state index contributed by atoms with van der Waals surface area (Å²) >= 11 is 0. The van der Waals surface area contributed by atoms with Gasteiger partial charge in [0, 0.05) is 12.8 Å². The normalized spacial score (nSPS) is 22.5. The van der Waals surface area contributed by atoms with Gasteiger partial charge in [0.15, 0.2) is 0 Å². The Balaban J connectivity index is 2.23. The Bertz CT molecular complexity index is 645. The van der Waals surface area contributed by atoms with Crippen molar-refractivity contribution < 1.29 is 23.8 Å². The number of anilines is 1. The molecule has 2 atom stereocenters. The molecule has 0 aliphatic heterocycles. The van der Waals surface area contributed by atoms with Crippen molar-refractivity contribution in [3.63, 3.8) is 0 Å². The van der Waals surface area contributed by atoms with Gasteiger partial charge in [0.2, 0.25) is 0 Å². The SMILES string of the molecule is CCOC(=O)c1cc(NC(=O)[C@@]2(OC)CCC[C@@H](C)C2)ccc1OCC. The van der Waals surface area contributed by atoms with Gasteiger partial charge in [-0.2, -0.15) is 0 Å². The Morgan fingerprint density at radius 3 is 2.65 bits per heavy atom. The number of benzene rings is 1. The summed E-state index contributed by atoms with van der Waals surface area (Å²) in [6.07, 6.45) is 3.45. The van der Waals surface area contributed by atoms with Gasteiger partial charge in [-0.25, -0.2) is 4.79 Å². The summed E-state index contributed by atoms with van der Waals surface area (Å²) in [4.78, 5) is 25.1. The average Bonchev–Trinajstić information content (AvgIpc) is 2.63.